The predicted molar refractivity (Wildman–Crippen MR) is 51.1 cm³/mol. The van der Waals surface area contributed by atoms with Crippen molar-refractivity contribution in [3.05, 3.63) is 40.6 Å². The minimum atomic E-state index is -3.91. The van der Waals surface area contributed by atoms with Crippen LogP contribution in [0.25, 0.3) is 5.41 Å². The smallest absolute Gasteiger partial charge is 0.222 e. The highest BCUT2D eigenvalue weighted by Crippen LogP contribution is 2.15. The van der Waals surface area contributed by atoms with Gasteiger partial charge in [0.25, 0.3) is 0 Å². The number of hydrogen-bond donors (Lipinski definition) is 0. The largest absolute Gasteiger partial charge is 0.762 e. The number of rotatable bonds is 2. The van der Waals surface area contributed by atoms with E-state index in [1.807, 2.05) is 0 Å². The quantitative estimate of drug-likeness (QED) is 0.535. The molecule has 0 saturated heterocycles. The summed E-state index contributed by atoms with van der Waals surface area (Å²) in [5, 5.41) is 16.9. The van der Waals surface area contributed by atoms with Gasteiger partial charge < -0.3 is 5.41 Å². The van der Waals surface area contributed by atoms with Crippen LogP contribution in [0.1, 0.15) is 0 Å². The van der Waals surface area contributed by atoms with Crippen molar-refractivity contribution in [3.63, 3.8) is 0 Å². The normalized spacial score (nSPS) is 9.93. The Morgan fingerprint density at radius 2 is 1.86 bits per heavy atom. The van der Waals surface area contributed by atoms with Crippen LogP contribution >= 0.6 is 0 Å². The van der Waals surface area contributed by atoms with Gasteiger partial charge in [-0.3, -0.25) is 0 Å². The fourth-order valence-electron chi connectivity index (χ4n) is 0.863. The molecule has 0 heterocycles. The Hall–Kier alpha value is -1.89. The molecule has 0 amide bonds. The summed E-state index contributed by atoms with van der Waals surface area (Å²) in [4.78, 5) is -0.832. The van der Waals surface area contributed by atoms with E-state index in [4.69, 9.17) is 10.7 Å². The second kappa shape index (κ2) is 3.88. The van der Waals surface area contributed by atoms with E-state index in [1.165, 1.54) is 36.2 Å². The molecule has 1 aromatic rings. The van der Waals surface area contributed by atoms with Crippen LogP contribution in [0.15, 0.2) is 40.1 Å². The van der Waals surface area contributed by atoms with Crippen molar-refractivity contribution in [1.29, 1.82) is 5.26 Å². The summed E-state index contributed by atoms with van der Waals surface area (Å²) in [6.45, 7) is 0. The van der Waals surface area contributed by atoms with Gasteiger partial charge >= 0.3 is 0 Å². The molecule has 0 spiro atoms. The Morgan fingerprint density at radius 1 is 1.29 bits per heavy atom. The molecule has 0 atom stereocenters. The van der Waals surface area contributed by atoms with Gasteiger partial charge in [0.2, 0.25) is 9.84 Å². The van der Waals surface area contributed by atoms with Gasteiger partial charge in [0.05, 0.1) is 4.90 Å². The number of hydrogen-bond acceptors (Lipinski definition) is 3. The Morgan fingerprint density at radius 3 is 2.29 bits per heavy atom. The molecule has 0 fully saturated rings. The highest BCUT2D eigenvalue weighted by atomic mass is 32.2. The lowest BCUT2D eigenvalue weighted by Crippen LogP contribution is -2.03. The molecule has 70 valence electrons. The maximum Gasteiger partial charge on any atom is 0.222 e. The number of sulfone groups is 1. The number of nitrogens with zero attached hydrogens (tertiary/aromatic N) is 2. The van der Waals surface area contributed by atoms with E-state index in [1.54, 1.807) is 6.07 Å². The van der Waals surface area contributed by atoms with Crippen LogP contribution in [0.2, 0.25) is 0 Å². The Kier molecular flexibility index (Phi) is 2.82. The lowest BCUT2D eigenvalue weighted by molar-refractivity contribution is 0.603. The first-order valence-electron chi connectivity index (χ1n) is 3.60. The van der Waals surface area contributed by atoms with Crippen molar-refractivity contribution in [2.75, 3.05) is 0 Å². The highest BCUT2D eigenvalue weighted by Gasteiger charge is 2.18. The summed E-state index contributed by atoms with van der Waals surface area (Å²) in [7, 11) is -3.91. The summed E-state index contributed by atoms with van der Waals surface area (Å²) in [6.07, 6.45) is 0. The van der Waals surface area contributed by atoms with E-state index in [0.717, 1.165) is 0 Å². The number of benzene rings is 1. The van der Waals surface area contributed by atoms with Gasteiger partial charge in [-0.1, -0.05) is 18.2 Å². The molecule has 0 radical (unpaired) electrons. The monoisotopic (exact) mass is 205 g/mol. The van der Waals surface area contributed by atoms with Crippen molar-refractivity contribution < 1.29 is 8.42 Å². The summed E-state index contributed by atoms with van der Waals surface area (Å²) >= 11 is 0. The van der Waals surface area contributed by atoms with Crippen LogP contribution in [0, 0.1) is 11.3 Å². The van der Waals surface area contributed by atoms with Gasteiger partial charge in [0.1, 0.15) is 6.07 Å². The third-order valence-electron chi connectivity index (χ3n) is 1.53. The molecule has 0 saturated carbocycles. The minimum absolute atomic E-state index is 0.0434. The molecular formula is C9H5N2O2S-. The Labute approximate surface area is 81.5 Å². The van der Waals surface area contributed by atoms with Crippen LogP contribution in [-0.4, -0.2) is 14.3 Å². The van der Waals surface area contributed by atoms with E-state index in [2.05, 4.69) is 0 Å². The zero-order chi connectivity index (χ0) is 10.6. The zero-order valence-corrected chi connectivity index (χ0v) is 7.82. The SMILES string of the molecule is N#CC(=C=[N-])S(=O)(=O)c1ccccc1. The molecule has 0 aliphatic heterocycles. The summed E-state index contributed by atoms with van der Waals surface area (Å²) in [6, 6.07) is 8.74. The third-order valence-corrected chi connectivity index (χ3v) is 3.14. The third kappa shape index (κ3) is 1.72. The first-order chi connectivity index (χ1) is 6.62. The first-order valence-corrected chi connectivity index (χ1v) is 5.08. The second-order valence-corrected chi connectivity index (χ2v) is 4.26. The maximum atomic E-state index is 11.5. The fraction of sp³-hybridized carbons (Fsp3) is 0. The van der Waals surface area contributed by atoms with Gasteiger partial charge in [-0.2, -0.15) is 5.26 Å². The summed E-state index contributed by atoms with van der Waals surface area (Å²) in [5.41, 5.74) is 0. The summed E-state index contributed by atoms with van der Waals surface area (Å²) < 4.78 is 23.0. The fourth-order valence-corrected chi connectivity index (χ4v) is 1.85. The molecule has 1 aromatic carbocycles. The van der Waals surface area contributed by atoms with E-state index < -0.39 is 14.7 Å². The molecule has 0 aliphatic carbocycles. The van der Waals surface area contributed by atoms with Gasteiger partial charge in [0, 0.05) is 0 Å². The molecule has 4 nitrogen and oxygen atoms in total. The standard InChI is InChI=1S/C9H5N2O2S/c10-6-9(7-11)14(12,13)8-4-2-1-3-5-8/h1-5H/q-1. The molecule has 0 unspecified atom stereocenters. The lowest BCUT2D eigenvalue weighted by Gasteiger charge is -2.00. The maximum absolute atomic E-state index is 11.5. The van der Waals surface area contributed by atoms with Gasteiger partial charge in [-0.05, 0) is 12.1 Å². The van der Waals surface area contributed by atoms with Crippen LogP contribution in [-0.2, 0) is 9.84 Å². The van der Waals surface area contributed by atoms with E-state index in [-0.39, 0.29) is 4.90 Å². The Balaban J connectivity index is 3.39. The molecular weight excluding hydrogens is 200 g/mol. The molecule has 0 aliphatic rings. The Bertz CT molecular complexity index is 520. The van der Waals surface area contributed by atoms with Crippen LogP contribution < -0.4 is 0 Å². The average molecular weight is 205 g/mol. The minimum Gasteiger partial charge on any atom is -0.762 e. The van der Waals surface area contributed by atoms with Crippen molar-refractivity contribution >= 4 is 15.7 Å². The van der Waals surface area contributed by atoms with Crippen LogP contribution in [0.4, 0.5) is 0 Å². The molecule has 0 N–H and O–H groups in total. The topological polar surface area (TPSA) is 80.2 Å². The van der Waals surface area contributed by atoms with E-state index in [9.17, 15) is 8.42 Å². The molecule has 5 heteroatoms. The van der Waals surface area contributed by atoms with E-state index >= 15 is 0 Å². The zero-order valence-electron chi connectivity index (χ0n) is 7.01. The number of allylic oxidation sites excluding steroid dienone is 1. The van der Waals surface area contributed by atoms with Crippen molar-refractivity contribution in [1.82, 2.24) is 0 Å². The molecule has 1 rings (SSSR count). The van der Waals surface area contributed by atoms with Gasteiger partial charge in [0.15, 0.2) is 4.91 Å². The number of nitriles is 1. The molecule has 0 aromatic heterocycles. The van der Waals surface area contributed by atoms with Crippen molar-refractivity contribution in [2.45, 2.75) is 4.90 Å². The van der Waals surface area contributed by atoms with Crippen molar-refractivity contribution in [2.24, 2.45) is 0 Å². The summed E-state index contributed by atoms with van der Waals surface area (Å²) in [5.74, 6) is 1.36. The predicted octanol–water partition coefficient (Wildman–Crippen LogP) is 1.11. The first kappa shape index (κ1) is 10.2. The van der Waals surface area contributed by atoms with Gasteiger partial charge in [-0.15, -0.1) is 0 Å². The van der Waals surface area contributed by atoms with E-state index in [0.29, 0.717) is 0 Å². The molecule has 14 heavy (non-hydrogen) atoms. The lowest BCUT2D eigenvalue weighted by atomic mass is 10.4. The average Bonchev–Trinajstić information content (AvgIpc) is 2.20. The second-order valence-electron chi connectivity index (χ2n) is 2.37. The molecule has 0 bridgehead atoms. The van der Waals surface area contributed by atoms with Gasteiger partial charge in [-0.25, -0.2) is 14.3 Å². The van der Waals surface area contributed by atoms with Crippen LogP contribution in [0.3, 0.4) is 0 Å². The van der Waals surface area contributed by atoms with Crippen molar-refractivity contribution in [3.8, 4) is 6.07 Å². The highest BCUT2D eigenvalue weighted by molar-refractivity contribution is 7.95. The van der Waals surface area contributed by atoms with Crippen LogP contribution in [0.5, 0.6) is 0 Å².